The summed E-state index contributed by atoms with van der Waals surface area (Å²) in [4.78, 5) is 100. The number of piperidine rings is 2. The summed E-state index contributed by atoms with van der Waals surface area (Å²) in [5, 5.41) is 43.8. The number of halogens is 3. The number of aliphatic hydroxyl groups excluding tert-OH is 2. The minimum atomic E-state index is -0.726. The topological polar surface area (TPSA) is 407 Å². The number of nitrogens with zero attached hydrogens (tertiary/aromatic N) is 7. The lowest BCUT2D eigenvalue weighted by Crippen LogP contribution is -2.50. The molecule has 5 amide bonds. The predicted molar refractivity (Wildman–Crippen MR) is 437 cm³/mol. The number of ketones is 3. The van der Waals surface area contributed by atoms with E-state index in [1.165, 1.54) is 21.9 Å². The molecule has 31 heteroatoms. The molecule has 5 aliphatic rings. The Morgan fingerprint density at radius 1 is 0.596 bits per heavy atom. The normalized spacial score (nSPS) is 15.4. The Kier molecular flexibility index (Phi) is 46.7. The number of carbonyl (C=O) groups excluding carboxylic acids is 8. The number of hydrogen-bond acceptors (Lipinski definition) is 19. The van der Waals surface area contributed by atoms with Crippen LogP contribution in [0.2, 0.25) is 5.02 Å². The number of amides is 5. The Balaban J connectivity index is -0.000000401. The fourth-order valence-electron chi connectivity index (χ4n) is 10.4. The molecule has 4 aromatic rings. The standard InChI is InChI=1S/C17H21ClN4O.C15H25N3O2.C15H25NO4.C10H17N3.C10H17NO3.C5H9ClO.C2H6O.C2H6.CH4O.CH4.ClH.H2N2.H2O.H2/c1-17(2,3)15-13-10-22(8-7-14(13)20-21-15)16(23)19-12-6-4-5-11(18)9-12;1-14(2,3)12-10-9-18(8-7-11(10)16-17-12)13(19)20-15(4,5)6;1-14(2,3)12(18)10-9-16(8-7-11(10)17)13(19)20-15(4,5)6;1-10(2,3)9-7-6-11-5-4-8(7)12-13-9;1-10(2,3)14-9(13)11-6-4-8(12)5-7-11;1-5(2,3)4(6)7;1-2-3;2*1-2;;;1-2;;/h4-6,9H,7-8,10H2,1-3H3,(H,19,23)(H,20,21);7-9H2,1-6H3,(H,16,17);10H,7-9H2,1-6H3;11H,4-6H2,1-3H3,(H,12,13);4-7H2,1-3H3;1-3H3;3H,2H2,1H3;1-2H3;2H,1H3;1H4;1H;1-2H;1H2;1H/i;;;;;;;1D;;;;;;. The molecule has 1 unspecified atom stereocenters. The molecule has 3 aromatic heterocycles. The van der Waals surface area contributed by atoms with Gasteiger partial charge in [-0.2, -0.15) is 15.3 Å². The number of benzene rings is 1. The van der Waals surface area contributed by atoms with Crippen LogP contribution in [0.25, 0.3) is 0 Å². The fourth-order valence-corrected chi connectivity index (χ4v) is 10.6. The van der Waals surface area contributed by atoms with Crippen LogP contribution in [0.3, 0.4) is 0 Å². The van der Waals surface area contributed by atoms with Gasteiger partial charge in [0.15, 0.2) is 0 Å². The monoisotopic (exact) mass is 1600 g/mol. The number of aromatic nitrogens is 6. The van der Waals surface area contributed by atoms with Gasteiger partial charge in [-0.25, -0.2) is 30.2 Å². The van der Waals surface area contributed by atoms with Crippen molar-refractivity contribution in [2.24, 2.45) is 16.7 Å². The van der Waals surface area contributed by atoms with Crippen molar-refractivity contribution in [3.8, 4) is 0 Å². The van der Waals surface area contributed by atoms with Gasteiger partial charge in [0.25, 0.3) is 0 Å². The first kappa shape index (κ1) is 106. The number of aliphatic hydroxyl groups is 2. The quantitative estimate of drug-likeness (QED) is 0.0389. The summed E-state index contributed by atoms with van der Waals surface area (Å²) in [5.41, 5.74) is 18.9. The van der Waals surface area contributed by atoms with Gasteiger partial charge in [0.2, 0.25) is 5.24 Å². The summed E-state index contributed by atoms with van der Waals surface area (Å²) >= 11 is 11.1. The molecule has 0 aliphatic carbocycles. The van der Waals surface area contributed by atoms with Gasteiger partial charge in [-0.1, -0.05) is 143 Å². The Labute approximate surface area is 669 Å². The predicted octanol–water partition coefficient (Wildman–Crippen LogP) is 15.8. The van der Waals surface area contributed by atoms with E-state index < -0.39 is 34.2 Å². The second kappa shape index (κ2) is 48.0. The number of hydrogen-bond donors (Lipinski definition) is 9. The molecule has 109 heavy (non-hydrogen) atoms. The lowest BCUT2D eigenvalue weighted by molar-refractivity contribution is -0.140. The first-order valence-electron chi connectivity index (χ1n) is 36.8. The Hall–Kier alpha value is -7.08. The van der Waals surface area contributed by atoms with Gasteiger partial charge in [0.05, 0.1) is 36.1 Å². The van der Waals surface area contributed by atoms with Crippen LogP contribution in [-0.2, 0) is 88.5 Å². The first-order valence-corrected chi connectivity index (χ1v) is 36.9. The molecule has 9 rings (SSSR count). The maximum atomic E-state index is 12.5. The van der Waals surface area contributed by atoms with Crippen molar-refractivity contribution in [1.29, 1.82) is 11.1 Å². The van der Waals surface area contributed by atoms with Crippen LogP contribution in [0.4, 0.5) is 24.9 Å². The number of Topliss-reactive ketones (excluding diaryl/α,β-unsaturated/α-hetero) is 3. The molecule has 2 saturated heterocycles. The number of urea groups is 1. The maximum Gasteiger partial charge on any atom is 0.410 e. The second-order valence-corrected chi connectivity index (χ2v) is 34.5. The van der Waals surface area contributed by atoms with E-state index in [-0.39, 0.29) is 109 Å². The summed E-state index contributed by atoms with van der Waals surface area (Å²) in [7, 11) is 1.00. The van der Waals surface area contributed by atoms with Crippen molar-refractivity contribution in [3.63, 3.8) is 0 Å². The Bertz CT molecular complexity index is 3450. The Morgan fingerprint density at radius 3 is 1.32 bits per heavy atom. The molecule has 0 spiro atoms. The molecule has 0 saturated carbocycles. The molecular weight excluding hydrogens is 1460 g/mol. The molecule has 11 N–H and O–H groups in total. The highest BCUT2D eigenvalue weighted by molar-refractivity contribution is 6.64. The molecule has 0 radical (unpaired) electrons. The third kappa shape index (κ3) is 39.1. The number of ether oxygens (including phenoxy) is 3. The highest BCUT2D eigenvalue weighted by atomic mass is 35.5. The zero-order chi connectivity index (χ0) is 83.2. The van der Waals surface area contributed by atoms with E-state index in [4.69, 9.17) is 60.1 Å². The number of rotatable bonds is 2. The molecule has 1 aromatic carbocycles. The van der Waals surface area contributed by atoms with Crippen LogP contribution in [0, 0.1) is 27.8 Å². The largest absolute Gasteiger partial charge is 0.444 e. The minimum absolute atomic E-state index is 0. The first-order chi connectivity index (χ1) is 49.1. The summed E-state index contributed by atoms with van der Waals surface area (Å²) in [5.74, 6) is -0.693. The number of carbonyl (C=O) groups is 8. The van der Waals surface area contributed by atoms with E-state index in [1.807, 2.05) is 58.6 Å². The zero-order valence-electron chi connectivity index (χ0n) is 70.8. The van der Waals surface area contributed by atoms with Crippen LogP contribution >= 0.6 is 35.6 Å². The lowest BCUT2D eigenvalue weighted by atomic mass is 9.79. The molecular formula is C78H141Cl3N14O14. The van der Waals surface area contributed by atoms with Gasteiger partial charge >= 0.3 is 24.3 Å². The summed E-state index contributed by atoms with van der Waals surface area (Å²) < 4.78 is 22.1. The van der Waals surface area contributed by atoms with Crippen LogP contribution < -0.4 is 10.6 Å². The van der Waals surface area contributed by atoms with Gasteiger partial charge in [0, 0.05) is 179 Å². The van der Waals surface area contributed by atoms with E-state index in [2.05, 4.69) is 104 Å². The van der Waals surface area contributed by atoms with Gasteiger partial charge in [-0.05, 0) is 99.0 Å². The van der Waals surface area contributed by atoms with Crippen LogP contribution in [-0.4, -0.2) is 189 Å². The van der Waals surface area contributed by atoms with E-state index in [9.17, 15) is 38.4 Å². The molecule has 5 aliphatic heterocycles. The molecule has 628 valence electrons. The molecule has 0 bridgehead atoms. The smallest absolute Gasteiger partial charge is 0.410 e. The van der Waals surface area contributed by atoms with E-state index in [0.29, 0.717) is 76.3 Å². The van der Waals surface area contributed by atoms with E-state index >= 15 is 0 Å². The lowest BCUT2D eigenvalue weighted by Gasteiger charge is -2.34. The SMILES string of the molecule is C.CC(C)(C)C(=O)Cl.CC(C)(C)OC(=O)N1CCC(=O)C(C(=O)C(C)(C)C)C1.CC(C)(C)OC(=O)N1CCC(=O)CC1.CC(C)(C)OC(=O)N1CCc2[nH]nc(C(C)(C)C)c2C1.CC(C)(C)c1n[nH]c2c1CN(C(=O)Nc1cccc(Cl)c1)CC2.CC(C)(C)c1n[nH]c2c1CNCC2.CCO.CO.Cl.N=N.O.[2H]CC.[HH]. The number of likely N-dealkylation sites (tertiary alicyclic amines) is 2. The number of anilines is 1. The number of H-pyrrole nitrogens is 3. The van der Waals surface area contributed by atoms with Gasteiger partial charge in [-0.15, -0.1) is 12.4 Å². The van der Waals surface area contributed by atoms with Crippen LogP contribution in [0.1, 0.15) is 267 Å². The minimum Gasteiger partial charge on any atom is -0.444 e. The van der Waals surface area contributed by atoms with Crippen molar-refractivity contribution >= 4 is 88.2 Å². The number of fused-ring (bicyclic) bond motifs is 3. The maximum absolute atomic E-state index is 12.5. The second-order valence-electron chi connectivity index (χ2n) is 33.7. The van der Waals surface area contributed by atoms with Crippen LogP contribution in [0.15, 0.2) is 24.3 Å². The summed E-state index contributed by atoms with van der Waals surface area (Å²) in [6.07, 6.45) is 2.78. The highest BCUT2D eigenvalue weighted by Gasteiger charge is 2.41. The van der Waals surface area contributed by atoms with E-state index in [1.54, 1.807) is 98.1 Å². The van der Waals surface area contributed by atoms with Crippen LogP contribution in [0.5, 0.6) is 0 Å². The van der Waals surface area contributed by atoms with Gasteiger partial charge in [-0.3, -0.25) is 34.5 Å². The van der Waals surface area contributed by atoms with Crippen molar-refractivity contribution in [3.05, 3.63) is 80.1 Å². The van der Waals surface area contributed by atoms with E-state index in [0.717, 1.165) is 73.4 Å². The van der Waals surface area contributed by atoms with Gasteiger partial charge in [0.1, 0.15) is 34.2 Å². The average molecular weight is 1610 g/mol. The molecule has 1 atom stereocenters. The summed E-state index contributed by atoms with van der Waals surface area (Å²) in [6.45, 7) is 56.9. The van der Waals surface area contributed by atoms with Gasteiger partial charge < -0.3 is 60.1 Å². The highest BCUT2D eigenvalue weighted by Crippen LogP contribution is 2.33. The van der Waals surface area contributed by atoms with Crippen molar-refractivity contribution < 1.29 is 71.1 Å². The van der Waals surface area contributed by atoms with Crippen molar-refractivity contribution in [1.82, 2.24) is 55.5 Å². The average Bonchev–Trinajstić information content (AvgIpc) is 1.68. The summed E-state index contributed by atoms with van der Waals surface area (Å²) in [6, 6.07) is 7.06. The number of nitrogens with one attached hydrogen (secondary N) is 7. The fraction of sp³-hybridized carbons (Fsp3) is 0.705. The van der Waals surface area contributed by atoms with Crippen molar-refractivity contribution in [2.75, 3.05) is 64.8 Å². The Morgan fingerprint density at radius 2 is 0.945 bits per heavy atom. The third-order valence-corrected chi connectivity index (χ3v) is 16.3. The molecule has 2 fully saturated rings. The molecule has 8 heterocycles. The number of aromatic amines is 3. The molecule has 28 nitrogen and oxygen atoms in total. The van der Waals surface area contributed by atoms with Crippen molar-refractivity contribution in [2.45, 2.75) is 286 Å². The third-order valence-electron chi connectivity index (χ3n) is 15.5. The zero-order valence-corrected chi connectivity index (χ0v) is 72.1.